The summed E-state index contributed by atoms with van der Waals surface area (Å²) < 4.78 is 0. The zero-order valence-corrected chi connectivity index (χ0v) is 17.9. The second-order valence-corrected chi connectivity index (χ2v) is 9.08. The predicted octanol–water partition coefficient (Wildman–Crippen LogP) is 2.05. The Morgan fingerprint density at radius 2 is 1.89 bits per heavy atom. The normalized spacial score (nSPS) is 23.7. The minimum atomic E-state index is -0.578. The van der Waals surface area contributed by atoms with Crippen LogP contribution in [0.2, 0.25) is 0 Å². The first-order valence-corrected chi connectivity index (χ1v) is 10.7. The quantitative estimate of drug-likeness (QED) is 0.545. The van der Waals surface area contributed by atoms with Crippen LogP contribution in [-0.4, -0.2) is 78.6 Å². The Bertz CT molecular complexity index is 850. The van der Waals surface area contributed by atoms with E-state index in [-0.39, 0.29) is 11.9 Å². The van der Waals surface area contributed by atoms with E-state index in [2.05, 4.69) is 27.0 Å². The van der Waals surface area contributed by atoms with Crippen molar-refractivity contribution in [3.8, 4) is 0 Å². The largest absolute Gasteiger partial charge is 0.377 e. The SMILES string of the molecule is CN1CCN(Cc2nnc(N3C(=O)C(Cl)C3c3ccccc3N(C)C)s2)CC1. The molecule has 28 heavy (non-hydrogen) atoms. The number of piperazine rings is 1. The number of nitrogens with zero attached hydrogens (tertiary/aromatic N) is 6. The van der Waals surface area contributed by atoms with Crippen LogP contribution >= 0.6 is 22.9 Å². The number of anilines is 2. The van der Waals surface area contributed by atoms with Gasteiger partial charge in [0.1, 0.15) is 10.4 Å². The molecule has 1 aromatic carbocycles. The lowest BCUT2D eigenvalue weighted by Gasteiger charge is -2.43. The standard InChI is InChI=1S/C19H25ClN6OS/c1-23(2)14-7-5-4-6-13(14)17-16(20)18(27)26(17)19-22-21-15(28-19)12-25-10-8-24(3)9-11-25/h4-7,16-17H,8-12H2,1-3H3. The molecule has 7 nitrogen and oxygen atoms in total. The Morgan fingerprint density at radius 1 is 1.18 bits per heavy atom. The first-order valence-electron chi connectivity index (χ1n) is 9.42. The van der Waals surface area contributed by atoms with Crippen LogP contribution in [-0.2, 0) is 11.3 Å². The number of carbonyl (C=O) groups excluding carboxylic acids is 1. The molecule has 2 aliphatic rings. The van der Waals surface area contributed by atoms with Gasteiger partial charge >= 0.3 is 0 Å². The van der Waals surface area contributed by atoms with Crippen LogP contribution in [0.25, 0.3) is 0 Å². The van der Waals surface area contributed by atoms with E-state index < -0.39 is 5.38 Å². The topological polar surface area (TPSA) is 55.8 Å². The van der Waals surface area contributed by atoms with Crippen molar-refractivity contribution in [2.75, 3.05) is 57.1 Å². The van der Waals surface area contributed by atoms with Crippen LogP contribution in [0.1, 0.15) is 16.6 Å². The number of β-lactam (4-membered cyclic amide) rings is 1. The average molecular weight is 421 g/mol. The van der Waals surface area contributed by atoms with Gasteiger partial charge in [-0.25, -0.2) is 0 Å². The van der Waals surface area contributed by atoms with E-state index in [0.29, 0.717) is 5.13 Å². The molecule has 2 unspecified atom stereocenters. The summed E-state index contributed by atoms with van der Waals surface area (Å²) in [6.07, 6.45) is 0. The van der Waals surface area contributed by atoms with Gasteiger partial charge in [-0.3, -0.25) is 14.6 Å². The second kappa shape index (κ2) is 7.94. The molecule has 2 fully saturated rings. The fourth-order valence-electron chi connectivity index (χ4n) is 3.71. The lowest BCUT2D eigenvalue weighted by atomic mass is 9.92. The van der Waals surface area contributed by atoms with Crippen LogP contribution in [0.4, 0.5) is 10.8 Å². The number of hydrogen-bond donors (Lipinski definition) is 0. The number of amides is 1. The predicted molar refractivity (Wildman–Crippen MR) is 113 cm³/mol. The maximum Gasteiger partial charge on any atom is 0.250 e. The Morgan fingerprint density at radius 3 is 2.61 bits per heavy atom. The van der Waals surface area contributed by atoms with Crippen molar-refractivity contribution >= 4 is 39.7 Å². The highest BCUT2D eigenvalue weighted by Gasteiger charge is 2.50. The van der Waals surface area contributed by atoms with Gasteiger partial charge in [-0.2, -0.15) is 0 Å². The molecular weight excluding hydrogens is 396 g/mol. The van der Waals surface area contributed by atoms with Gasteiger partial charge in [0, 0.05) is 51.5 Å². The van der Waals surface area contributed by atoms with Crippen molar-refractivity contribution in [2.24, 2.45) is 0 Å². The molecule has 1 aromatic heterocycles. The summed E-state index contributed by atoms with van der Waals surface area (Å²) in [5, 5.41) is 9.65. The molecular formula is C19H25ClN6OS. The number of benzene rings is 1. The molecule has 2 saturated heterocycles. The molecule has 2 atom stereocenters. The number of likely N-dealkylation sites (N-methyl/N-ethyl adjacent to an activating group) is 1. The third-order valence-corrected chi connectivity index (χ3v) is 6.72. The van der Waals surface area contributed by atoms with Crippen LogP contribution in [0.3, 0.4) is 0 Å². The van der Waals surface area contributed by atoms with E-state index in [0.717, 1.165) is 49.0 Å². The third kappa shape index (κ3) is 3.61. The summed E-state index contributed by atoms with van der Waals surface area (Å²) in [5.74, 6) is -0.109. The van der Waals surface area contributed by atoms with Gasteiger partial charge in [0.2, 0.25) is 11.0 Å². The zero-order chi connectivity index (χ0) is 19.8. The lowest BCUT2D eigenvalue weighted by Crippen LogP contribution is -2.56. The molecule has 150 valence electrons. The summed E-state index contributed by atoms with van der Waals surface area (Å²) >= 11 is 7.92. The first-order chi connectivity index (χ1) is 13.5. The van der Waals surface area contributed by atoms with Crippen molar-refractivity contribution in [2.45, 2.75) is 18.0 Å². The maximum atomic E-state index is 12.6. The first kappa shape index (κ1) is 19.6. The minimum absolute atomic E-state index is 0.109. The van der Waals surface area contributed by atoms with Crippen molar-refractivity contribution < 1.29 is 4.79 Å². The van der Waals surface area contributed by atoms with Gasteiger partial charge in [-0.1, -0.05) is 29.5 Å². The summed E-state index contributed by atoms with van der Waals surface area (Å²) in [6.45, 7) is 4.95. The number of carbonyl (C=O) groups is 1. The van der Waals surface area contributed by atoms with Gasteiger partial charge in [0.15, 0.2) is 0 Å². The highest BCUT2D eigenvalue weighted by molar-refractivity contribution is 7.15. The van der Waals surface area contributed by atoms with Crippen LogP contribution in [0.15, 0.2) is 24.3 Å². The second-order valence-electron chi connectivity index (χ2n) is 7.57. The van der Waals surface area contributed by atoms with Crippen LogP contribution in [0, 0.1) is 0 Å². The van der Waals surface area contributed by atoms with E-state index >= 15 is 0 Å². The van der Waals surface area contributed by atoms with E-state index in [1.165, 1.54) is 11.3 Å². The van der Waals surface area contributed by atoms with E-state index in [4.69, 9.17) is 11.6 Å². The number of para-hydroxylation sites is 1. The number of hydrogen-bond acceptors (Lipinski definition) is 7. The highest BCUT2D eigenvalue weighted by Crippen LogP contribution is 2.45. The van der Waals surface area contributed by atoms with E-state index in [1.807, 2.05) is 43.3 Å². The minimum Gasteiger partial charge on any atom is -0.377 e. The fraction of sp³-hybridized carbons (Fsp3) is 0.526. The molecule has 0 N–H and O–H groups in total. The van der Waals surface area contributed by atoms with Crippen molar-refractivity contribution in [1.82, 2.24) is 20.0 Å². The summed E-state index contributed by atoms with van der Waals surface area (Å²) in [7, 11) is 6.13. The third-order valence-electron chi connectivity index (χ3n) is 5.38. The Hall–Kier alpha value is -1.74. The Kier molecular flexibility index (Phi) is 5.55. The average Bonchev–Trinajstić information content (AvgIpc) is 3.14. The molecule has 2 aliphatic heterocycles. The zero-order valence-electron chi connectivity index (χ0n) is 16.4. The summed E-state index contributed by atoms with van der Waals surface area (Å²) in [5.41, 5.74) is 2.08. The van der Waals surface area contributed by atoms with Crippen molar-refractivity contribution in [3.63, 3.8) is 0 Å². The number of aromatic nitrogens is 2. The van der Waals surface area contributed by atoms with E-state index in [9.17, 15) is 4.79 Å². The molecule has 0 aliphatic carbocycles. The summed E-state index contributed by atoms with van der Waals surface area (Å²) in [4.78, 5) is 21.0. The molecule has 1 amide bonds. The number of alkyl halides is 1. The van der Waals surface area contributed by atoms with Gasteiger partial charge in [0.05, 0.1) is 12.6 Å². The van der Waals surface area contributed by atoms with Crippen LogP contribution in [0.5, 0.6) is 0 Å². The molecule has 3 heterocycles. The van der Waals surface area contributed by atoms with Crippen molar-refractivity contribution in [1.29, 1.82) is 0 Å². The molecule has 0 bridgehead atoms. The lowest BCUT2D eigenvalue weighted by molar-refractivity contribution is -0.123. The highest BCUT2D eigenvalue weighted by atomic mass is 35.5. The van der Waals surface area contributed by atoms with E-state index in [1.54, 1.807) is 4.90 Å². The van der Waals surface area contributed by atoms with Gasteiger partial charge in [-0.15, -0.1) is 21.8 Å². The molecule has 0 radical (unpaired) electrons. The van der Waals surface area contributed by atoms with Crippen molar-refractivity contribution in [3.05, 3.63) is 34.8 Å². The monoisotopic (exact) mass is 420 g/mol. The number of halogens is 1. The maximum absolute atomic E-state index is 12.6. The molecule has 0 spiro atoms. The molecule has 4 rings (SSSR count). The van der Waals surface area contributed by atoms with Gasteiger partial charge in [0.25, 0.3) is 0 Å². The smallest absolute Gasteiger partial charge is 0.250 e. The number of rotatable bonds is 5. The Labute approximate surface area is 174 Å². The van der Waals surface area contributed by atoms with Crippen LogP contribution < -0.4 is 9.80 Å². The summed E-state index contributed by atoms with van der Waals surface area (Å²) in [6, 6.07) is 7.81. The molecule has 2 aromatic rings. The van der Waals surface area contributed by atoms with Gasteiger partial charge in [-0.05, 0) is 13.1 Å². The van der Waals surface area contributed by atoms with Gasteiger partial charge < -0.3 is 9.80 Å². The Balaban J connectivity index is 1.54. The molecule has 0 saturated carbocycles. The fourth-order valence-corrected chi connectivity index (χ4v) is 4.99. The molecule has 9 heteroatoms.